The fourth-order valence-corrected chi connectivity index (χ4v) is 3.11. The molecule has 1 saturated heterocycles. The lowest BCUT2D eigenvalue weighted by Crippen LogP contribution is -2.49. The fraction of sp³-hybridized carbons (Fsp3) is 0.611. The highest BCUT2D eigenvalue weighted by atomic mass is 16.5. The average Bonchev–Trinajstić information content (AvgIpc) is 2.60. The smallest absolute Gasteiger partial charge is 0.232 e. The minimum absolute atomic E-state index is 0.166. The third-order valence-corrected chi connectivity index (χ3v) is 4.83. The van der Waals surface area contributed by atoms with Gasteiger partial charge in [-0.25, -0.2) is 0 Å². The number of ether oxygens (including phenoxy) is 2. The van der Waals surface area contributed by atoms with Crippen LogP contribution in [0.3, 0.4) is 0 Å². The van der Waals surface area contributed by atoms with Crippen molar-refractivity contribution in [2.75, 3.05) is 34.4 Å². The second-order valence-corrected chi connectivity index (χ2v) is 6.55. The van der Waals surface area contributed by atoms with E-state index in [9.17, 15) is 4.79 Å². The van der Waals surface area contributed by atoms with E-state index in [4.69, 9.17) is 9.47 Å². The molecule has 0 aromatic heterocycles. The van der Waals surface area contributed by atoms with E-state index in [-0.39, 0.29) is 5.91 Å². The van der Waals surface area contributed by atoms with Gasteiger partial charge in [0, 0.05) is 19.1 Å². The summed E-state index contributed by atoms with van der Waals surface area (Å²) in [7, 11) is 5.20. The molecule has 1 amide bonds. The molecule has 1 N–H and O–H groups in total. The molecular weight excluding hydrogens is 292 g/mol. The second-order valence-electron chi connectivity index (χ2n) is 6.55. The highest BCUT2D eigenvalue weighted by molar-refractivity contribution is 5.87. The number of nitrogens with zero attached hydrogens (tertiary/aromatic N) is 1. The van der Waals surface area contributed by atoms with Gasteiger partial charge in [-0.2, -0.15) is 0 Å². The van der Waals surface area contributed by atoms with Gasteiger partial charge in [0.15, 0.2) is 11.5 Å². The zero-order valence-corrected chi connectivity index (χ0v) is 14.8. The predicted molar refractivity (Wildman–Crippen MR) is 91.2 cm³/mol. The minimum atomic E-state index is -0.591. The maximum atomic E-state index is 13.0. The molecule has 0 spiro atoms. The zero-order chi connectivity index (χ0) is 17.0. The standard InChI is InChI=1S/C18H28N2O3/c1-18(2,13-6-7-15(22-4)16(12-13)23-5)17(21)20-10-8-14(19-3)9-11-20/h6-7,12,14,19H,8-11H2,1-5H3. The summed E-state index contributed by atoms with van der Waals surface area (Å²) in [6, 6.07) is 6.22. The number of piperidine rings is 1. The van der Waals surface area contributed by atoms with Crippen LogP contribution >= 0.6 is 0 Å². The number of rotatable bonds is 5. The Morgan fingerprint density at radius 2 is 1.78 bits per heavy atom. The Hall–Kier alpha value is -1.75. The molecule has 0 radical (unpaired) electrons. The van der Waals surface area contributed by atoms with Gasteiger partial charge in [0.1, 0.15) is 0 Å². The zero-order valence-electron chi connectivity index (χ0n) is 14.8. The number of carbonyl (C=O) groups is 1. The molecule has 1 fully saturated rings. The number of nitrogens with one attached hydrogen (secondary N) is 1. The van der Waals surface area contributed by atoms with Crippen LogP contribution in [0.4, 0.5) is 0 Å². The van der Waals surface area contributed by atoms with Crippen LogP contribution in [0.2, 0.25) is 0 Å². The highest BCUT2D eigenvalue weighted by Gasteiger charge is 2.35. The summed E-state index contributed by atoms with van der Waals surface area (Å²) in [4.78, 5) is 15.0. The summed E-state index contributed by atoms with van der Waals surface area (Å²) < 4.78 is 10.6. The van der Waals surface area contributed by atoms with Crippen molar-refractivity contribution >= 4 is 5.91 Å². The van der Waals surface area contributed by atoms with Gasteiger partial charge in [0.25, 0.3) is 0 Å². The van der Waals surface area contributed by atoms with Crippen LogP contribution < -0.4 is 14.8 Å². The molecule has 0 unspecified atom stereocenters. The van der Waals surface area contributed by atoms with Crippen LogP contribution in [0.15, 0.2) is 18.2 Å². The second kappa shape index (κ2) is 7.21. The van der Waals surface area contributed by atoms with E-state index in [1.165, 1.54) is 0 Å². The molecule has 1 aliphatic rings. The van der Waals surface area contributed by atoms with Crippen LogP contribution in [0.5, 0.6) is 11.5 Å². The average molecular weight is 320 g/mol. The number of benzene rings is 1. The Bertz CT molecular complexity index is 549. The Balaban J connectivity index is 2.19. The van der Waals surface area contributed by atoms with Crippen LogP contribution in [-0.2, 0) is 10.2 Å². The van der Waals surface area contributed by atoms with Crippen LogP contribution in [0, 0.1) is 0 Å². The third-order valence-electron chi connectivity index (χ3n) is 4.83. The van der Waals surface area contributed by atoms with Crippen LogP contribution in [0.25, 0.3) is 0 Å². The molecule has 1 aromatic carbocycles. The molecule has 23 heavy (non-hydrogen) atoms. The van der Waals surface area contributed by atoms with Crippen molar-refractivity contribution < 1.29 is 14.3 Å². The number of hydrogen-bond donors (Lipinski definition) is 1. The van der Waals surface area contributed by atoms with E-state index in [0.717, 1.165) is 31.5 Å². The van der Waals surface area contributed by atoms with E-state index in [2.05, 4.69) is 5.32 Å². The molecule has 0 atom stereocenters. The SMILES string of the molecule is CNC1CCN(C(=O)C(C)(C)c2ccc(OC)c(OC)c2)CC1. The van der Waals surface area contributed by atoms with E-state index >= 15 is 0 Å². The molecule has 0 bridgehead atoms. The third kappa shape index (κ3) is 3.61. The van der Waals surface area contributed by atoms with Crippen molar-refractivity contribution in [1.29, 1.82) is 0 Å². The van der Waals surface area contributed by atoms with E-state index in [1.807, 2.05) is 44.0 Å². The Kier molecular flexibility index (Phi) is 5.52. The largest absolute Gasteiger partial charge is 0.493 e. The number of carbonyl (C=O) groups excluding carboxylic acids is 1. The first-order chi connectivity index (χ1) is 10.9. The maximum Gasteiger partial charge on any atom is 0.232 e. The van der Waals surface area contributed by atoms with Gasteiger partial charge in [-0.1, -0.05) is 6.07 Å². The van der Waals surface area contributed by atoms with Gasteiger partial charge in [-0.15, -0.1) is 0 Å². The summed E-state index contributed by atoms with van der Waals surface area (Å²) in [5.41, 5.74) is 0.349. The van der Waals surface area contributed by atoms with Crippen molar-refractivity contribution in [1.82, 2.24) is 10.2 Å². The normalized spacial score (nSPS) is 16.3. The summed E-state index contributed by atoms with van der Waals surface area (Å²) in [6.07, 6.45) is 2.01. The van der Waals surface area contributed by atoms with Gasteiger partial charge in [-0.3, -0.25) is 4.79 Å². The van der Waals surface area contributed by atoms with Gasteiger partial charge in [0.2, 0.25) is 5.91 Å². The van der Waals surface area contributed by atoms with Crippen molar-refractivity contribution in [2.24, 2.45) is 0 Å². The van der Waals surface area contributed by atoms with Gasteiger partial charge >= 0.3 is 0 Å². The Morgan fingerprint density at radius 1 is 1.17 bits per heavy atom. The summed E-state index contributed by atoms with van der Waals surface area (Å²) in [5.74, 6) is 1.49. The molecular formula is C18H28N2O3. The lowest BCUT2D eigenvalue weighted by molar-refractivity contribution is -0.137. The number of amides is 1. The highest BCUT2D eigenvalue weighted by Crippen LogP contribution is 2.34. The van der Waals surface area contributed by atoms with E-state index < -0.39 is 5.41 Å². The molecule has 0 saturated carbocycles. The van der Waals surface area contributed by atoms with Crippen molar-refractivity contribution in [3.63, 3.8) is 0 Å². The minimum Gasteiger partial charge on any atom is -0.493 e. The Morgan fingerprint density at radius 3 is 2.30 bits per heavy atom. The first-order valence-electron chi connectivity index (χ1n) is 8.13. The first kappa shape index (κ1) is 17.6. The molecule has 5 nitrogen and oxygen atoms in total. The summed E-state index contributed by atoms with van der Waals surface area (Å²) in [5, 5.41) is 3.29. The molecule has 0 aliphatic carbocycles. The van der Waals surface area contributed by atoms with Crippen molar-refractivity contribution in [3.8, 4) is 11.5 Å². The van der Waals surface area contributed by atoms with E-state index in [0.29, 0.717) is 17.5 Å². The number of hydrogen-bond acceptors (Lipinski definition) is 4. The van der Waals surface area contributed by atoms with Crippen LogP contribution in [-0.4, -0.2) is 51.2 Å². The molecule has 1 aliphatic heterocycles. The quantitative estimate of drug-likeness (QED) is 0.903. The van der Waals surface area contributed by atoms with Crippen molar-refractivity contribution in [3.05, 3.63) is 23.8 Å². The Labute approximate surface area is 139 Å². The number of likely N-dealkylation sites (tertiary alicyclic amines) is 1. The molecule has 1 heterocycles. The van der Waals surface area contributed by atoms with Gasteiger partial charge < -0.3 is 19.7 Å². The fourth-order valence-electron chi connectivity index (χ4n) is 3.11. The monoisotopic (exact) mass is 320 g/mol. The lowest BCUT2D eigenvalue weighted by atomic mass is 9.82. The molecule has 1 aromatic rings. The van der Waals surface area contributed by atoms with Crippen LogP contribution in [0.1, 0.15) is 32.3 Å². The van der Waals surface area contributed by atoms with E-state index in [1.54, 1.807) is 14.2 Å². The first-order valence-corrected chi connectivity index (χ1v) is 8.13. The number of methoxy groups -OCH3 is 2. The molecule has 5 heteroatoms. The van der Waals surface area contributed by atoms with Gasteiger partial charge in [0.05, 0.1) is 19.6 Å². The molecule has 2 rings (SSSR count). The summed E-state index contributed by atoms with van der Waals surface area (Å²) >= 11 is 0. The molecule has 128 valence electrons. The lowest BCUT2D eigenvalue weighted by Gasteiger charge is -2.37. The van der Waals surface area contributed by atoms with Gasteiger partial charge in [-0.05, 0) is 51.4 Å². The predicted octanol–water partition coefficient (Wildman–Crippen LogP) is 2.19. The van der Waals surface area contributed by atoms with Crippen molar-refractivity contribution in [2.45, 2.75) is 38.1 Å². The maximum absolute atomic E-state index is 13.0. The topological polar surface area (TPSA) is 50.8 Å². The summed E-state index contributed by atoms with van der Waals surface area (Å²) in [6.45, 7) is 5.56.